The summed E-state index contributed by atoms with van der Waals surface area (Å²) in [5.74, 6) is 0.365. The van der Waals surface area contributed by atoms with Gasteiger partial charge in [-0.15, -0.1) is 0 Å². The lowest BCUT2D eigenvalue weighted by Gasteiger charge is -2.10. The van der Waals surface area contributed by atoms with Crippen molar-refractivity contribution in [2.45, 2.75) is 37.7 Å². The molecule has 5 rings (SSSR count). The van der Waals surface area contributed by atoms with E-state index in [2.05, 4.69) is 15.0 Å². The van der Waals surface area contributed by atoms with E-state index in [4.69, 9.17) is 15.6 Å². The third-order valence-corrected chi connectivity index (χ3v) is 5.65. The number of benzene rings is 1. The highest BCUT2D eigenvalue weighted by atomic mass is 16.6. The molecule has 0 amide bonds. The molecule has 3 unspecified atom stereocenters. The summed E-state index contributed by atoms with van der Waals surface area (Å²) in [6.07, 6.45) is 2.37. The van der Waals surface area contributed by atoms with Crippen molar-refractivity contribution < 1.29 is 14.9 Å². The highest BCUT2D eigenvalue weighted by molar-refractivity contribution is 5.99. The van der Waals surface area contributed by atoms with Gasteiger partial charge in [-0.3, -0.25) is 0 Å². The minimum Gasteiger partial charge on any atom is -0.393 e. The zero-order valence-electron chi connectivity index (χ0n) is 15.9. The van der Waals surface area contributed by atoms with E-state index in [-0.39, 0.29) is 12.1 Å². The van der Waals surface area contributed by atoms with Crippen LogP contribution < -0.4 is 5.73 Å². The predicted octanol–water partition coefficient (Wildman–Crippen LogP) is 2.28. The largest absolute Gasteiger partial charge is 0.393 e. The number of nitrogen functional groups attached to an aromatic ring is 1. The Labute approximate surface area is 166 Å². The number of aliphatic hydroxyl groups excluding tert-OH is 2. The molecule has 1 aliphatic rings. The molecule has 1 fully saturated rings. The van der Waals surface area contributed by atoms with Gasteiger partial charge in [0.05, 0.1) is 23.2 Å². The number of nitrogens with one attached hydrogen (secondary N) is 1. The summed E-state index contributed by atoms with van der Waals surface area (Å²) >= 11 is 0. The Balaban J connectivity index is 1.66. The SMILES string of the molecule is COC(O)c1ccc2cc(-c3nn(C4CCC(O)C4)c4ncnc(N)c34)[nH]c2c1. The zero-order chi connectivity index (χ0) is 20.1. The first-order chi connectivity index (χ1) is 14.0. The number of nitrogens with two attached hydrogens (primary N) is 1. The molecule has 150 valence electrons. The molecule has 1 aromatic carbocycles. The maximum Gasteiger partial charge on any atom is 0.180 e. The molecule has 29 heavy (non-hydrogen) atoms. The Bertz CT molecular complexity index is 1200. The summed E-state index contributed by atoms with van der Waals surface area (Å²) in [5, 5.41) is 26.4. The number of rotatable bonds is 4. The Kier molecular flexibility index (Phi) is 4.23. The zero-order valence-corrected chi connectivity index (χ0v) is 15.9. The molecule has 9 heteroatoms. The first kappa shape index (κ1) is 18.0. The molecular weight excluding hydrogens is 372 g/mol. The van der Waals surface area contributed by atoms with Crippen molar-refractivity contribution in [3.05, 3.63) is 36.2 Å². The van der Waals surface area contributed by atoms with Crippen LogP contribution in [0.1, 0.15) is 37.2 Å². The van der Waals surface area contributed by atoms with Crippen LogP contribution in [0.3, 0.4) is 0 Å². The van der Waals surface area contributed by atoms with Crippen molar-refractivity contribution >= 4 is 27.8 Å². The second kappa shape index (κ2) is 6.80. The standard InChI is InChI=1S/C20H22N6O3/c1-29-20(28)11-3-2-10-6-15(24-14(10)7-11)17-16-18(21)22-9-23-19(16)26(25-17)12-4-5-13(27)8-12/h2-3,6-7,9,12-13,20,24,27-28H,4-5,8H2,1H3,(H2,21,22,23). The molecule has 0 spiro atoms. The third kappa shape index (κ3) is 2.94. The van der Waals surface area contributed by atoms with Crippen LogP contribution in [0.2, 0.25) is 0 Å². The van der Waals surface area contributed by atoms with E-state index in [9.17, 15) is 10.2 Å². The lowest BCUT2D eigenvalue weighted by Crippen LogP contribution is -2.09. The van der Waals surface area contributed by atoms with Gasteiger partial charge in [-0.25, -0.2) is 14.6 Å². The fraction of sp³-hybridized carbons (Fsp3) is 0.350. The minimum atomic E-state index is -0.982. The van der Waals surface area contributed by atoms with Crippen LogP contribution in [-0.4, -0.2) is 48.2 Å². The second-order valence-electron chi connectivity index (χ2n) is 7.49. The molecular formula is C20H22N6O3. The van der Waals surface area contributed by atoms with Crippen LogP contribution in [0, 0.1) is 0 Å². The molecule has 3 atom stereocenters. The quantitative estimate of drug-likeness (QED) is 0.390. The number of nitrogens with zero attached hydrogens (tertiary/aromatic N) is 4. The summed E-state index contributed by atoms with van der Waals surface area (Å²) in [7, 11) is 1.45. The van der Waals surface area contributed by atoms with E-state index in [1.54, 1.807) is 0 Å². The fourth-order valence-corrected chi connectivity index (χ4v) is 4.16. The van der Waals surface area contributed by atoms with E-state index in [1.807, 2.05) is 28.9 Å². The van der Waals surface area contributed by atoms with Crippen LogP contribution in [0.15, 0.2) is 30.6 Å². The maximum atomic E-state index is 9.96. The monoisotopic (exact) mass is 394 g/mol. The summed E-state index contributed by atoms with van der Waals surface area (Å²) in [5.41, 5.74) is 9.82. The van der Waals surface area contributed by atoms with Crippen LogP contribution >= 0.6 is 0 Å². The fourth-order valence-electron chi connectivity index (χ4n) is 4.16. The van der Waals surface area contributed by atoms with Crippen molar-refractivity contribution in [2.75, 3.05) is 12.8 Å². The minimum absolute atomic E-state index is 0.0726. The van der Waals surface area contributed by atoms with Crippen LogP contribution in [0.5, 0.6) is 0 Å². The molecule has 0 aliphatic heterocycles. The van der Waals surface area contributed by atoms with Crippen molar-refractivity contribution in [1.82, 2.24) is 24.7 Å². The number of hydrogen-bond acceptors (Lipinski definition) is 7. The molecule has 1 saturated carbocycles. The van der Waals surface area contributed by atoms with E-state index in [1.165, 1.54) is 13.4 Å². The highest BCUT2D eigenvalue weighted by Gasteiger charge is 2.29. The number of aromatic amines is 1. The van der Waals surface area contributed by atoms with Gasteiger partial charge in [0.2, 0.25) is 0 Å². The average molecular weight is 394 g/mol. The summed E-state index contributed by atoms with van der Waals surface area (Å²) in [4.78, 5) is 11.9. The normalized spacial score (nSPS) is 20.7. The smallest absolute Gasteiger partial charge is 0.180 e. The first-order valence-electron chi connectivity index (χ1n) is 9.56. The van der Waals surface area contributed by atoms with Crippen molar-refractivity contribution in [3.8, 4) is 11.4 Å². The van der Waals surface area contributed by atoms with E-state index < -0.39 is 6.29 Å². The molecule has 3 aromatic heterocycles. The van der Waals surface area contributed by atoms with Crippen LogP contribution in [0.25, 0.3) is 33.3 Å². The van der Waals surface area contributed by atoms with Crippen LogP contribution in [0.4, 0.5) is 5.82 Å². The van der Waals surface area contributed by atoms with Gasteiger partial charge in [-0.2, -0.15) is 5.10 Å². The molecule has 0 radical (unpaired) electrons. The molecule has 3 heterocycles. The maximum absolute atomic E-state index is 9.96. The van der Waals surface area contributed by atoms with Gasteiger partial charge in [0.25, 0.3) is 0 Å². The molecule has 0 bridgehead atoms. The lowest BCUT2D eigenvalue weighted by molar-refractivity contribution is -0.0768. The first-order valence-corrected chi connectivity index (χ1v) is 9.56. The van der Waals surface area contributed by atoms with Crippen molar-refractivity contribution in [1.29, 1.82) is 0 Å². The Morgan fingerprint density at radius 2 is 2.14 bits per heavy atom. The number of ether oxygens (including phenoxy) is 1. The highest BCUT2D eigenvalue weighted by Crippen LogP contribution is 2.37. The number of aromatic nitrogens is 5. The predicted molar refractivity (Wildman–Crippen MR) is 108 cm³/mol. The number of H-pyrrole nitrogens is 1. The van der Waals surface area contributed by atoms with E-state index in [0.29, 0.717) is 34.5 Å². The Hall–Kier alpha value is -3.01. The summed E-state index contributed by atoms with van der Waals surface area (Å²) in [6.45, 7) is 0. The summed E-state index contributed by atoms with van der Waals surface area (Å²) in [6, 6.07) is 7.64. The number of hydrogen-bond donors (Lipinski definition) is 4. The van der Waals surface area contributed by atoms with Gasteiger partial charge in [-0.05, 0) is 31.4 Å². The lowest BCUT2D eigenvalue weighted by atomic mass is 10.1. The topological polar surface area (TPSA) is 135 Å². The number of anilines is 1. The molecule has 4 aromatic rings. The average Bonchev–Trinajstić information content (AvgIpc) is 3.43. The Morgan fingerprint density at radius 3 is 2.90 bits per heavy atom. The number of methoxy groups -OCH3 is 1. The van der Waals surface area contributed by atoms with E-state index >= 15 is 0 Å². The van der Waals surface area contributed by atoms with Gasteiger partial charge >= 0.3 is 0 Å². The Morgan fingerprint density at radius 1 is 1.28 bits per heavy atom. The van der Waals surface area contributed by atoms with Crippen molar-refractivity contribution in [2.24, 2.45) is 0 Å². The van der Waals surface area contributed by atoms with Gasteiger partial charge in [0, 0.05) is 23.6 Å². The molecule has 1 aliphatic carbocycles. The van der Waals surface area contributed by atoms with Crippen LogP contribution in [-0.2, 0) is 4.74 Å². The van der Waals surface area contributed by atoms with Gasteiger partial charge in [0.1, 0.15) is 17.8 Å². The summed E-state index contributed by atoms with van der Waals surface area (Å²) < 4.78 is 6.86. The van der Waals surface area contributed by atoms with Crippen molar-refractivity contribution in [3.63, 3.8) is 0 Å². The molecule has 9 nitrogen and oxygen atoms in total. The van der Waals surface area contributed by atoms with Gasteiger partial charge in [0.15, 0.2) is 11.9 Å². The third-order valence-electron chi connectivity index (χ3n) is 5.65. The number of fused-ring (bicyclic) bond motifs is 2. The molecule has 5 N–H and O–H groups in total. The molecule has 0 saturated heterocycles. The number of aliphatic hydroxyl groups is 2. The second-order valence-corrected chi connectivity index (χ2v) is 7.49. The van der Waals surface area contributed by atoms with E-state index in [0.717, 1.165) is 29.4 Å². The van der Waals surface area contributed by atoms with Gasteiger partial charge in [-0.1, -0.05) is 12.1 Å². The van der Waals surface area contributed by atoms with Gasteiger partial charge < -0.3 is 25.7 Å².